The Bertz CT molecular complexity index is 613. The van der Waals surface area contributed by atoms with Crippen molar-refractivity contribution in [3.8, 4) is 0 Å². The molecule has 0 bridgehead atoms. The quantitative estimate of drug-likeness (QED) is 0.641. The molecule has 2 amide bonds. The maximum absolute atomic E-state index is 11.6. The highest BCUT2D eigenvalue weighted by Gasteiger charge is 2.26. The largest absolute Gasteiger partial charge is 0.273 e. The molecule has 1 aliphatic heterocycles. The van der Waals surface area contributed by atoms with Gasteiger partial charge in [0, 0.05) is 17.2 Å². The van der Waals surface area contributed by atoms with Gasteiger partial charge < -0.3 is 0 Å². The molecule has 0 aliphatic carbocycles. The molecule has 0 saturated carbocycles. The number of carbonyl (C=O) groups excluding carboxylic acids is 2. The van der Waals surface area contributed by atoms with Crippen LogP contribution in [0.3, 0.4) is 0 Å². The number of hydrazone groups is 2. The Balaban J connectivity index is 1.77. The normalized spacial score (nSPS) is 17.7. The van der Waals surface area contributed by atoms with Crippen LogP contribution in [0.15, 0.2) is 34.5 Å². The highest BCUT2D eigenvalue weighted by Crippen LogP contribution is 2.13. The molecule has 7 heteroatoms. The number of hydrogen-bond donors (Lipinski definition) is 2. The molecule has 1 aromatic rings. The van der Waals surface area contributed by atoms with Gasteiger partial charge in [0.1, 0.15) is 0 Å². The van der Waals surface area contributed by atoms with Crippen molar-refractivity contribution < 1.29 is 9.59 Å². The summed E-state index contributed by atoms with van der Waals surface area (Å²) in [6.07, 6.45) is 2.14. The molecule has 1 heterocycles. The summed E-state index contributed by atoms with van der Waals surface area (Å²) in [5.74, 6) is -0.740. The third-order valence-corrected chi connectivity index (χ3v) is 3.31. The molecule has 21 heavy (non-hydrogen) atoms. The molecule has 0 fully saturated rings. The minimum Gasteiger partial charge on any atom is -0.273 e. The molecular weight excluding hydrogens is 292 g/mol. The first-order valence-electron chi connectivity index (χ1n) is 6.48. The van der Waals surface area contributed by atoms with Gasteiger partial charge in [-0.1, -0.05) is 23.7 Å². The molecule has 0 aromatic heterocycles. The molecule has 1 aliphatic rings. The number of nitrogens with one attached hydrogen (secondary N) is 2. The fourth-order valence-electron chi connectivity index (χ4n) is 1.93. The minimum absolute atomic E-state index is 0.164. The molecule has 0 saturated heterocycles. The molecule has 0 unspecified atom stereocenters. The lowest BCUT2D eigenvalue weighted by Gasteiger charge is -2.06. The fourth-order valence-corrected chi connectivity index (χ4v) is 2.12. The van der Waals surface area contributed by atoms with Crippen molar-refractivity contribution in [2.75, 3.05) is 0 Å². The molecule has 0 radical (unpaired) electrons. The van der Waals surface area contributed by atoms with Crippen molar-refractivity contribution in [2.45, 2.75) is 19.8 Å². The maximum Gasteiger partial charge on any atom is 0.248 e. The number of benzene rings is 1. The van der Waals surface area contributed by atoms with Gasteiger partial charge in [-0.05, 0) is 31.0 Å². The first-order valence-corrected chi connectivity index (χ1v) is 6.85. The third-order valence-electron chi connectivity index (χ3n) is 3.07. The average molecular weight is 307 g/mol. The molecule has 110 valence electrons. The summed E-state index contributed by atoms with van der Waals surface area (Å²) >= 11 is 5.84. The van der Waals surface area contributed by atoms with Crippen molar-refractivity contribution in [1.29, 1.82) is 0 Å². The zero-order valence-electron chi connectivity index (χ0n) is 11.5. The van der Waals surface area contributed by atoms with E-state index in [0.717, 1.165) is 5.56 Å². The SMILES string of the molecule is CC1=NNC(=O)[C@H]1CCC(=O)N/N=C/c1cccc(Cl)c1. The van der Waals surface area contributed by atoms with Gasteiger partial charge in [-0.25, -0.2) is 10.9 Å². The van der Waals surface area contributed by atoms with Gasteiger partial charge in [0.25, 0.3) is 0 Å². The van der Waals surface area contributed by atoms with Crippen molar-refractivity contribution in [3.63, 3.8) is 0 Å². The Morgan fingerprint density at radius 1 is 1.57 bits per heavy atom. The number of nitrogens with zero attached hydrogens (tertiary/aromatic N) is 2. The van der Waals surface area contributed by atoms with E-state index in [-0.39, 0.29) is 24.2 Å². The lowest BCUT2D eigenvalue weighted by molar-refractivity contribution is -0.123. The monoisotopic (exact) mass is 306 g/mol. The van der Waals surface area contributed by atoms with Gasteiger partial charge in [0.15, 0.2) is 0 Å². The molecule has 0 spiro atoms. The minimum atomic E-state index is -0.326. The van der Waals surface area contributed by atoms with Crippen LogP contribution in [0.5, 0.6) is 0 Å². The predicted octanol–water partition coefficient (Wildman–Crippen LogP) is 1.69. The molecule has 2 N–H and O–H groups in total. The predicted molar refractivity (Wildman–Crippen MR) is 81.2 cm³/mol. The van der Waals surface area contributed by atoms with E-state index in [1.54, 1.807) is 25.1 Å². The van der Waals surface area contributed by atoms with Gasteiger partial charge in [0.05, 0.1) is 12.1 Å². The van der Waals surface area contributed by atoms with Crippen molar-refractivity contribution in [2.24, 2.45) is 16.1 Å². The van der Waals surface area contributed by atoms with Crippen LogP contribution < -0.4 is 10.9 Å². The van der Waals surface area contributed by atoms with Crippen LogP contribution in [-0.2, 0) is 9.59 Å². The average Bonchev–Trinajstić information content (AvgIpc) is 2.76. The Morgan fingerprint density at radius 2 is 2.38 bits per heavy atom. The maximum atomic E-state index is 11.6. The van der Waals surface area contributed by atoms with Crippen LogP contribution in [-0.4, -0.2) is 23.7 Å². The Hall–Kier alpha value is -2.21. The second kappa shape index (κ2) is 6.99. The topological polar surface area (TPSA) is 82.9 Å². The lowest BCUT2D eigenvalue weighted by atomic mass is 9.99. The summed E-state index contributed by atoms with van der Waals surface area (Å²) in [6.45, 7) is 1.76. The smallest absolute Gasteiger partial charge is 0.248 e. The summed E-state index contributed by atoms with van der Waals surface area (Å²) < 4.78 is 0. The van der Waals surface area contributed by atoms with E-state index in [4.69, 9.17) is 11.6 Å². The van der Waals surface area contributed by atoms with Gasteiger partial charge in [-0.2, -0.15) is 10.2 Å². The molecule has 6 nitrogen and oxygen atoms in total. The Labute approximate surface area is 127 Å². The van der Waals surface area contributed by atoms with Gasteiger partial charge >= 0.3 is 0 Å². The van der Waals surface area contributed by atoms with Crippen LogP contribution in [0.25, 0.3) is 0 Å². The van der Waals surface area contributed by atoms with E-state index in [0.29, 0.717) is 17.2 Å². The van der Waals surface area contributed by atoms with E-state index >= 15 is 0 Å². The number of halogens is 1. The van der Waals surface area contributed by atoms with Crippen LogP contribution in [0, 0.1) is 5.92 Å². The van der Waals surface area contributed by atoms with E-state index in [1.165, 1.54) is 6.21 Å². The van der Waals surface area contributed by atoms with Gasteiger partial charge in [0.2, 0.25) is 11.8 Å². The van der Waals surface area contributed by atoms with Crippen LogP contribution in [0.2, 0.25) is 5.02 Å². The summed E-state index contributed by atoms with van der Waals surface area (Å²) in [5, 5.41) is 8.29. The van der Waals surface area contributed by atoms with Gasteiger partial charge in [-0.15, -0.1) is 0 Å². The zero-order valence-corrected chi connectivity index (χ0v) is 12.2. The number of hydrogen-bond acceptors (Lipinski definition) is 4. The Morgan fingerprint density at radius 3 is 3.05 bits per heavy atom. The highest BCUT2D eigenvalue weighted by atomic mass is 35.5. The fraction of sp³-hybridized carbons (Fsp3) is 0.286. The molecule has 1 atom stereocenters. The number of carbonyl (C=O) groups is 2. The van der Waals surface area contributed by atoms with Crippen molar-refractivity contribution in [1.82, 2.24) is 10.9 Å². The summed E-state index contributed by atoms with van der Waals surface area (Å²) in [5.41, 5.74) is 6.30. The summed E-state index contributed by atoms with van der Waals surface area (Å²) in [4.78, 5) is 23.1. The second-order valence-electron chi connectivity index (χ2n) is 4.67. The van der Waals surface area contributed by atoms with E-state index in [2.05, 4.69) is 21.1 Å². The second-order valence-corrected chi connectivity index (χ2v) is 5.11. The van der Waals surface area contributed by atoms with Crippen LogP contribution in [0.1, 0.15) is 25.3 Å². The molecule has 1 aromatic carbocycles. The van der Waals surface area contributed by atoms with Crippen molar-refractivity contribution in [3.05, 3.63) is 34.9 Å². The van der Waals surface area contributed by atoms with Crippen LogP contribution >= 0.6 is 11.6 Å². The van der Waals surface area contributed by atoms with E-state index in [9.17, 15) is 9.59 Å². The number of amides is 2. The highest BCUT2D eigenvalue weighted by molar-refractivity contribution is 6.30. The van der Waals surface area contributed by atoms with Crippen LogP contribution in [0.4, 0.5) is 0 Å². The lowest BCUT2D eigenvalue weighted by Crippen LogP contribution is -2.25. The third kappa shape index (κ3) is 4.39. The Kier molecular flexibility index (Phi) is 5.05. The molecule has 2 rings (SSSR count). The van der Waals surface area contributed by atoms with E-state index in [1.807, 2.05) is 6.07 Å². The van der Waals surface area contributed by atoms with Crippen molar-refractivity contribution >= 4 is 35.3 Å². The number of rotatable bonds is 5. The first-order chi connectivity index (χ1) is 10.1. The zero-order chi connectivity index (χ0) is 15.2. The summed E-state index contributed by atoms with van der Waals surface area (Å²) in [7, 11) is 0. The van der Waals surface area contributed by atoms with E-state index < -0.39 is 0 Å². The summed E-state index contributed by atoms with van der Waals surface area (Å²) in [6, 6.07) is 7.12. The first kappa shape index (κ1) is 15.2. The standard InChI is InChI=1S/C14H15ClN4O2/c1-9-12(14(21)19-17-9)5-6-13(20)18-16-8-10-3-2-4-11(15)7-10/h2-4,7-8,12H,5-6H2,1H3,(H,18,20)(H,19,21)/b16-8+/t12-/m0/s1. The van der Waals surface area contributed by atoms with Gasteiger partial charge in [-0.3, -0.25) is 9.59 Å². The molecular formula is C14H15ClN4O2.